The van der Waals surface area contributed by atoms with Crippen molar-refractivity contribution < 1.29 is 29.3 Å². The standard InChI is InChI=1S/C27H37N3O6/c31-14-9-28-26(33)20-17-21(24(32)25-23(20)19-7-3-4-8-22(19)36-25)30(27(34)18-5-1-2-6-18)11-10-29-12-15-35-16-13-29/h3-4,7-8,17-18,21,23-25,31-32H,1-2,5-6,9-16H2,(H,28,33). The quantitative estimate of drug-likeness (QED) is 0.482. The van der Waals surface area contributed by atoms with E-state index in [-0.39, 0.29) is 30.9 Å². The van der Waals surface area contributed by atoms with Crippen LogP contribution in [-0.2, 0) is 14.3 Å². The van der Waals surface area contributed by atoms with Crippen LogP contribution < -0.4 is 10.1 Å². The van der Waals surface area contributed by atoms with E-state index in [1.54, 1.807) is 11.0 Å². The fraction of sp³-hybridized carbons (Fsp3) is 0.630. The van der Waals surface area contributed by atoms with E-state index < -0.39 is 24.2 Å². The van der Waals surface area contributed by atoms with Crippen LogP contribution in [0.3, 0.4) is 0 Å². The lowest BCUT2D eigenvalue weighted by Crippen LogP contribution is -2.58. The number of rotatable bonds is 8. The van der Waals surface area contributed by atoms with Crippen molar-refractivity contribution in [1.29, 1.82) is 0 Å². The zero-order valence-electron chi connectivity index (χ0n) is 20.7. The van der Waals surface area contributed by atoms with Gasteiger partial charge in [0.25, 0.3) is 0 Å². The number of benzene rings is 1. The summed E-state index contributed by atoms with van der Waals surface area (Å²) >= 11 is 0. The van der Waals surface area contributed by atoms with Crippen LogP contribution in [0.1, 0.15) is 37.2 Å². The zero-order chi connectivity index (χ0) is 25.1. The fourth-order valence-electron chi connectivity index (χ4n) is 6.08. The normalized spacial score (nSPS) is 28.1. The summed E-state index contributed by atoms with van der Waals surface area (Å²) in [7, 11) is 0. The lowest BCUT2D eigenvalue weighted by atomic mass is 9.77. The van der Waals surface area contributed by atoms with Crippen LogP contribution in [0.15, 0.2) is 35.9 Å². The Bertz CT molecular complexity index is 972. The fourth-order valence-corrected chi connectivity index (χ4v) is 6.08. The molecule has 0 aromatic heterocycles. The third kappa shape index (κ3) is 5.02. The van der Waals surface area contributed by atoms with Gasteiger partial charge in [0.1, 0.15) is 18.0 Å². The summed E-state index contributed by atoms with van der Waals surface area (Å²) in [5.74, 6) is -0.104. The maximum atomic E-state index is 13.8. The number of amides is 2. The molecule has 9 nitrogen and oxygen atoms in total. The van der Waals surface area contributed by atoms with Gasteiger partial charge >= 0.3 is 0 Å². The average molecular weight is 500 g/mol. The number of hydrogen-bond donors (Lipinski definition) is 3. The molecule has 0 radical (unpaired) electrons. The molecule has 196 valence electrons. The summed E-state index contributed by atoms with van der Waals surface area (Å²) in [5.41, 5.74) is 1.33. The van der Waals surface area contributed by atoms with Gasteiger partial charge in [0.2, 0.25) is 11.8 Å². The number of nitrogens with one attached hydrogen (secondary N) is 1. The maximum Gasteiger partial charge on any atom is 0.247 e. The Balaban J connectivity index is 1.47. The summed E-state index contributed by atoms with van der Waals surface area (Å²) in [6.07, 6.45) is 3.91. The zero-order valence-corrected chi connectivity index (χ0v) is 20.7. The maximum absolute atomic E-state index is 13.8. The number of para-hydroxylation sites is 1. The first-order chi connectivity index (χ1) is 17.6. The molecule has 1 saturated heterocycles. The summed E-state index contributed by atoms with van der Waals surface area (Å²) in [4.78, 5) is 31.1. The van der Waals surface area contributed by atoms with E-state index >= 15 is 0 Å². The molecular weight excluding hydrogens is 462 g/mol. The molecule has 5 rings (SSSR count). The van der Waals surface area contributed by atoms with Crippen molar-refractivity contribution >= 4 is 11.8 Å². The van der Waals surface area contributed by atoms with Gasteiger partial charge in [-0.05, 0) is 25.0 Å². The number of aliphatic hydroxyl groups excluding tert-OH is 2. The van der Waals surface area contributed by atoms with Gasteiger partial charge in [0, 0.05) is 49.8 Å². The van der Waals surface area contributed by atoms with Gasteiger partial charge in [-0.15, -0.1) is 0 Å². The van der Waals surface area contributed by atoms with E-state index in [1.165, 1.54) is 0 Å². The van der Waals surface area contributed by atoms with Crippen molar-refractivity contribution in [1.82, 2.24) is 15.1 Å². The molecule has 2 aliphatic carbocycles. The first kappa shape index (κ1) is 25.2. The highest BCUT2D eigenvalue weighted by Crippen LogP contribution is 2.47. The van der Waals surface area contributed by atoms with Gasteiger partial charge in [0.05, 0.1) is 31.8 Å². The molecule has 2 fully saturated rings. The first-order valence-electron chi connectivity index (χ1n) is 13.2. The highest BCUT2D eigenvalue weighted by Gasteiger charge is 2.50. The van der Waals surface area contributed by atoms with E-state index in [2.05, 4.69) is 10.2 Å². The summed E-state index contributed by atoms with van der Waals surface area (Å²) < 4.78 is 11.7. The van der Waals surface area contributed by atoms with Crippen molar-refractivity contribution in [2.45, 2.75) is 49.9 Å². The Kier molecular flexibility index (Phi) is 7.90. The minimum absolute atomic E-state index is 0.0464. The van der Waals surface area contributed by atoms with Crippen LogP contribution in [0.4, 0.5) is 0 Å². The molecule has 1 aromatic rings. The largest absolute Gasteiger partial charge is 0.486 e. The molecular formula is C27H37N3O6. The van der Waals surface area contributed by atoms with Crippen LogP contribution in [0.2, 0.25) is 0 Å². The van der Waals surface area contributed by atoms with Crippen molar-refractivity contribution in [3.63, 3.8) is 0 Å². The third-order valence-electron chi connectivity index (χ3n) is 7.99. The van der Waals surface area contributed by atoms with E-state index in [0.717, 1.165) is 44.3 Å². The van der Waals surface area contributed by atoms with Gasteiger partial charge < -0.3 is 29.9 Å². The molecule has 3 N–H and O–H groups in total. The predicted molar refractivity (Wildman–Crippen MR) is 133 cm³/mol. The number of nitrogens with zero attached hydrogens (tertiary/aromatic N) is 2. The van der Waals surface area contributed by atoms with Gasteiger partial charge in [0.15, 0.2) is 0 Å². The molecule has 2 amide bonds. The molecule has 4 aliphatic rings. The third-order valence-corrected chi connectivity index (χ3v) is 7.99. The number of morpholine rings is 1. The van der Waals surface area contributed by atoms with Crippen LogP contribution in [-0.4, -0.2) is 103 Å². The number of fused-ring (bicyclic) bond motifs is 3. The van der Waals surface area contributed by atoms with E-state index in [1.807, 2.05) is 24.3 Å². The Morgan fingerprint density at radius 2 is 1.89 bits per heavy atom. The molecule has 4 unspecified atom stereocenters. The topological polar surface area (TPSA) is 112 Å². The van der Waals surface area contributed by atoms with Crippen molar-refractivity contribution in [3.8, 4) is 5.75 Å². The smallest absolute Gasteiger partial charge is 0.247 e. The van der Waals surface area contributed by atoms with Gasteiger partial charge in [-0.3, -0.25) is 14.5 Å². The van der Waals surface area contributed by atoms with Crippen molar-refractivity contribution in [2.24, 2.45) is 5.92 Å². The number of carbonyl (C=O) groups excluding carboxylic acids is 2. The second kappa shape index (κ2) is 11.3. The van der Waals surface area contributed by atoms with Gasteiger partial charge in [-0.1, -0.05) is 31.0 Å². The van der Waals surface area contributed by atoms with E-state index in [9.17, 15) is 19.8 Å². The van der Waals surface area contributed by atoms with E-state index in [4.69, 9.17) is 9.47 Å². The second-order valence-corrected chi connectivity index (χ2v) is 10.1. The Morgan fingerprint density at radius 1 is 1.14 bits per heavy atom. The van der Waals surface area contributed by atoms with Crippen LogP contribution in [0.5, 0.6) is 5.75 Å². The number of carbonyl (C=O) groups is 2. The Morgan fingerprint density at radius 3 is 2.64 bits per heavy atom. The highest BCUT2D eigenvalue weighted by molar-refractivity contribution is 5.96. The van der Waals surface area contributed by atoms with Crippen LogP contribution in [0.25, 0.3) is 0 Å². The molecule has 9 heteroatoms. The molecule has 4 atom stereocenters. The van der Waals surface area contributed by atoms with Crippen molar-refractivity contribution in [3.05, 3.63) is 41.5 Å². The summed E-state index contributed by atoms with van der Waals surface area (Å²) in [6, 6.07) is 6.85. The van der Waals surface area contributed by atoms with Crippen LogP contribution in [0, 0.1) is 5.92 Å². The van der Waals surface area contributed by atoms with Gasteiger partial charge in [-0.25, -0.2) is 0 Å². The molecule has 2 heterocycles. The van der Waals surface area contributed by atoms with E-state index in [0.29, 0.717) is 37.6 Å². The number of ether oxygens (including phenoxy) is 2. The Labute approximate surface area is 212 Å². The molecule has 1 aromatic carbocycles. The average Bonchev–Trinajstić information content (AvgIpc) is 3.58. The lowest BCUT2D eigenvalue weighted by molar-refractivity contribution is -0.141. The summed E-state index contributed by atoms with van der Waals surface area (Å²) in [6.45, 7) is 4.08. The SMILES string of the molecule is O=C(NCCO)C1=CC(N(CCN2CCOCC2)C(=O)C2CCCC2)C(O)C2Oc3ccccc3C12. The second-order valence-electron chi connectivity index (χ2n) is 10.1. The monoisotopic (exact) mass is 499 g/mol. The lowest BCUT2D eigenvalue weighted by Gasteiger charge is -2.42. The predicted octanol–water partition coefficient (Wildman–Crippen LogP) is 0.660. The minimum Gasteiger partial charge on any atom is -0.486 e. The Hall–Kier alpha value is -2.46. The molecule has 0 bridgehead atoms. The van der Waals surface area contributed by atoms with Crippen molar-refractivity contribution in [2.75, 3.05) is 52.5 Å². The van der Waals surface area contributed by atoms with Gasteiger partial charge in [-0.2, -0.15) is 0 Å². The first-order valence-corrected chi connectivity index (χ1v) is 13.2. The highest BCUT2D eigenvalue weighted by atomic mass is 16.5. The number of hydrogen-bond acceptors (Lipinski definition) is 7. The minimum atomic E-state index is -0.980. The number of aliphatic hydroxyl groups is 2. The molecule has 2 aliphatic heterocycles. The molecule has 0 spiro atoms. The molecule has 36 heavy (non-hydrogen) atoms. The molecule has 1 saturated carbocycles. The van der Waals surface area contributed by atoms with Crippen LogP contribution >= 0.6 is 0 Å². The summed E-state index contributed by atoms with van der Waals surface area (Å²) in [5, 5.41) is 23.6.